The van der Waals surface area contributed by atoms with Crippen molar-refractivity contribution >= 4 is 33.4 Å². The number of carbonyl (C=O) groups excluding carboxylic acids is 1. The lowest BCUT2D eigenvalue weighted by Gasteiger charge is -2.28. The summed E-state index contributed by atoms with van der Waals surface area (Å²) >= 11 is 9.62. The van der Waals surface area contributed by atoms with Gasteiger partial charge in [-0.25, -0.2) is 0 Å². The summed E-state index contributed by atoms with van der Waals surface area (Å²) in [5.74, 6) is 0.153. The van der Waals surface area contributed by atoms with Crippen LogP contribution in [0.15, 0.2) is 22.7 Å². The molecule has 0 aromatic heterocycles. The third-order valence-corrected chi connectivity index (χ3v) is 4.30. The summed E-state index contributed by atoms with van der Waals surface area (Å²) in [6, 6.07) is 5.91. The van der Waals surface area contributed by atoms with Crippen LogP contribution in [0.2, 0.25) is 5.02 Å². The van der Waals surface area contributed by atoms with E-state index in [9.17, 15) is 4.79 Å². The van der Waals surface area contributed by atoms with E-state index < -0.39 is 0 Å². The van der Waals surface area contributed by atoms with Crippen molar-refractivity contribution in [1.82, 2.24) is 5.32 Å². The number of hydrogen-bond donors (Lipinski definition) is 1. The zero-order chi connectivity index (χ0) is 12.5. The first-order valence-electron chi connectivity index (χ1n) is 5.79. The molecule has 1 aromatic rings. The van der Waals surface area contributed by atoms with Gasteiger partial charge in [0, 0.05) is 21.5 Å². The zero-order valence-corrected chi connectivity index (χ0v) is 12.1. The largest absolute Gasteiger partial charge is 0.350 e. The average molecular weight is 317 g/mol. The molecule has 1 aliphatic rings. The van der Waals surface area contributed by atoms with E-state index in [0.717, 1.165) is 34.3 Å². The predicted molar refractivity (Wildman–Crippen MR) is 73.3 cm³/mol. The van der Waals surface area contributed by atoms with Gasteiger partial charge in [0.25, 0.3) is 0 Å². The number of benzene rings is 1. The van der Waals surface area contributed by atoms with Crippen LogP contribution in [-0.4, -0.2) is 11.4 Å². The Labute approximate surface area is 115 Å². The van der Waals surface area contributed by atoms with Crippen LogP contribution in [0.25, 0.3) is 0 Å². The van der Waals surface area contributed by atoms with E-state index in [-0.39, 0.29) is 11.4 Å². The second-order valence-corrected chi connectivity index (χ2v) is 5.92. The molecule has 1 aromatic carbocycles. The summed E-state index contributed by atoms with van der Waals surface area (Å²) in [5.41, 5.74) is 0.994. The first-order valence-corrected chi connectivity index (χ1v) is 6.97. The molecule has 0 bridgehead atoms. The third kappa shape index (κ3) is 2.83. The molecule has 2 rings (SSSR count). The molecule has 1 amide bonds. The minimum atomic E-state index is -0.103. The molecule has 1 fully saturated rings. The summed E-state index contributed by atoms with van der Waals surface area (Å²) in [6.07, 6.45) is 3.27. The SMILES string of the molecule is CCC1(Cc2ccc(Br)cc2Cl)CCC(=O)N1. The second-order valence-electron chi connectivity index (χ2n) is 4.59. The molecule has 0 spiro atoms. The van der Waals surface area contributed by atoms with Crippen molar-refractivity contribution in [1.29, 1.82) is 0 Å². The molecular formula is C13H15BrClNO. The maximum absolute atomic E-state index is 11.4. The van der Waals surface area contributed by atoms with E-state index in [1.165, 1.54) is 0 Å². The standard InChI is InChI=1S/C13H15BrClNO/c1-2-13(6-5-12(17)16-13)8-9-3-4-10(14)7-11(9)15/h3-4,7H,2,5-6,8H2,1H3,(H,16,17). The fraction of sp³-hybridized carbons (Fsp3) is 0.462. The summed E-state index contributed by atoms with van der Waals surface area (Å²) in [5, 5.41) is 3.86. The van der Waals surface area contributed by atoms with Gasteiger partial charge < -0.3 is 5.32 Å². The maximum Gasteiger partial charge on any atom is 0.220 e. The predicted octanol–water partition coefficient (Wildman–Crippen LogP) is 3.70. The van der Waals surface area contributed by atoms with Crippen molar-refractivity contribution in [3.8, 4) is 0 Å². The Morgan fingerprint density at radius 1 is 1.53 bits per heavy atom. The molecule has 0 aliphatic carbocycles. The lowest BCUT2D eigenvalue weighted by molar-refractivity contribution is -0.119. The fourth-order valence-corrected chi connectivity index (χ4v) is 3.07. The Bertz CT molecular complexity index is 449. The van der Waals surface area contributed by atoms with Gasteiger partial charge in [-0.2, -0.15) is 0 Å². The van der Waals surface area contributed by atoms with Gasteiger partial charge in [0.05, 0.1) is 0 Å². The number of carbonyl (C=O) groups is 1. The Hall–Kier alpha value is -0.540. The number of hydrogen-bond acceptors (Lipinski definition) is 1. The summed E-state index contributed by atoms with van der Waals surface area (Å²) in [7, 11) is 0. The lowest BCUT2D eigenvalue weighted by atomic mass is 9.87. The van der Waals surface area contributed by atoms with Crippen LogP contribution in [0.4, 0.5) is 0 Å². The van der Waals surface area contributed by atoms with Gasteiger partial charge in [-0.3, -0.25) is 4.79 Å². The van der Waals surface area contributed by atoms with E-state index in [1.54, 1.807) is 0 Å². The van der Waals surface area contributed by atoms with E-state index in [0.29, 0.717) is 6.42 Å². The molecular weight excluding hydrogens is 302 g/mol. The first kappa shape index (κ1) is 12.9. The maximum atomic E-state index is 11.4. The third-order valence-electron chi connectivity index (χ3n) is 3.46. The van der Waals surface area contributed by atoms with Crippen molar-refractivity contribution in [2.45, 2.75) is 38.1 Å². The molecule has 1 saturated heterocycles. The monoisotopic (exact) mass is 315 g/mol. The highest BCUT2D eigenvalue weighted by atomic mass is 79.9. The highest BCUT2D eigenvalue weighted by Gasteiger charge is 2.36. The van der Waals surface area contributed by atoms with Crippen LogP contribution in [-0.2, 0) is 11.2 Å². The van der Waals surface area contributed by atoms with E-state index >= 15 is 0 Å². The van der Waals surface area contributed by atoms with Gasteiger partial charge in [-0.15, -0.1) is 0 Å². The minimum Gasteiger partial charge on any atom is -0.350 e. The molecule has 1 atom stereocenters. The van der Waals surface area contributed by atoms with E-state index in [4.69, 9.17) is 11.6 Å². The molecule has 17 heavy (non-hydrogen) atoms. The summed E-state index contributed by atoms with van der Waals surface area (Å²) in [6.45, 7) is 2.11. The average Bonchev–Trinajstić information content (AvgIpc) is 2.65. The molecule has 1 unspecified atom stereocenters. The van der Waals surface area contributed by atoms with Gasteiger partial charge in [-0.05, 0) is 37.0 Å². The van der Waals surface area contributed by atoms with Gasteiger partial charge in [0.1, 0.15) is 0 Å². The zero-order valence-electron chi connectivity index (χ0n) is 9.72. The van der Waals surface area contributed by atoms with Crippen molar-refractivity contribution in [3.63, 3.8) is 0 Å². The van der Waals surface area contributed by atoms with Crippen molar-refractivity contribution < 1.29 is 4.79 Å². The minimum absolute atomic E-state index is 0.103. The van der Waals surface area contributed by atoms with Crippen molar-refractivity contribution in [2.24, 2.45) is 0 Å². The normalized spacial score (nSPS) is 23.8. The Morgan fingerprint density at radius 3 is 2.82 bits per heavy atom. The Morgan fingerprint density at radius 2 is 2.29 bits per heavy atom. The fourth-order valence-electron chi connectivity index (χ4n) is 2.33. The van der Waals surface area contributed by atoms with Gasteiger partial charge >= 0.3 is 0 Å². The van der Waals surface area contributed by atoms with Crippen LogP contribution in [0, 0.1) is 0 Å². The Balaban J connectivity index is 2.21. The number of nitrogens with one attached hydrogen (secondary N) is 1. The van der Waals surface area contributed by atoms with Crippen molar-refractivity contribution in [2.75, 3.05) is 0 Å². The summed E-state index contributed by atoms with van der Waals surface area (Å²) < 4.78 is 0.979. The Kier molecular flexibility index (Phi) is 3.79. The van der Waals surface area contributed by atoms with Crippen LogP contribution >= 0.6 is 27.5 Å². The van der Waals surface area contributed by atoms with Crippen LogP contribution in [0.5, 0.6) is 0 Å². The topological polar surface area (TPSA) is 29.1 Å². The number of halogens is 2. The molecule has 1 N–H and O–H groups in total. The van der Waals surface area contributed by atoms with Gasteiger partial charge in [0.2, 0.25) is 5.91 Å². The lowest BCUT2D eigenvalue weighted by Crippen LogP contribution is -2.43. The summed E-state index contributed by atoms with van der Waals surface area (Å²) in [4.78, 5) is 11.4. The second kappa shape index (κ2) is 4.99. The quantitative estimate of drug-likeness (QED) is 0.905. The number of amides is 1. The van der Waals surface area contributed by atoms with E-state index in [1.807, 2.05) is 18.2 Å². The smallest absolute Gasteiger partial charge is 0.220 e. The molecule has 1 heterocycles. The molecule has 2 nitrogen and oxygen atoms in total. The molecule has 4 heteroatoms. The van der Waals surface area contributed by atoms with Gasteiger partial charge in [0.15, 0.2) is 0 Å². The van der Waals surface area contributed by atoms with Crippen LogP contribution in [0.3, 0.4) is 0 Å². The highest BCUT2D eigenvalue weighted by molar-refractivity contribution is 9.10. The van der Waals surface area contributed by atoms with E-state index in [2.05, 4.69) is 28.2 Å². The molecule has 92 valence electrons. The van der Waals surface area contributed by atoms with Crippen molar-refractivity contribution in [3.05, 3.63) is 33.3 Å². The number of rotatable bonds is 3. The molecule has 0 radical (unpaired) electrons. The van der Waals surface area contributed by atoms with Gasteiger partial charge in [-0.1, -0.05) is 40.5 Å². The molecule has 1 aliphatic heterocycles. The van der Waals surface area contributed by atoms with Crippen LogP contribution in [0.1, 0.15) is 31.7 Å². The highest BCUT2D eigenvalue weighted by Crippen LogP contribution is 2.31. The molecule has 0 saturated carbocycles. The van der Waals surface area contributed by atoms with Crippen LogP contribution < -0.4 is 5.32 Å². The first-order chi connectivity index (χ1) is 8.04.